The number of unbranched alkanes of at least 4 members (excludes halogenated alkanes) is 22. The lowest BCUT2D eigenvalue weighted by molar-refractivity contribution is -0.147. The van der Waals surface area contributed by atoms with Crippen molar-refractivity contribution in [1.82, 2.24) is 0 Å². The molecule has 0 radical (unpaired) electrons. The molecule has 2 N–H and O–H groups in total. The molecular weight excluding hydrogens is 584 g/mol. The van der Waals surface area contributed by atoms with Crippen LogP contribution in [-0.4, -0.2) is 34.9 Å². The number of aliphatic hydroxyl groups is 1. The van der Waals surface area contributed by atoms with Crippen molar-refractivity contribution in [1.29, 1.82) is 0 Å². The summed E-state index contributed by atoms with van der Waals surface area (Å²) in [5.74, 6) is -0.213. The van der Waals surface area contributed by atoms with E-state index in [0.717, 1.165) is 6.42 Å². The van der Waals surface area contributed by atoms with Crippen molar-refractivity contribution in [3.05, 3.63) is 0 Å². The second kappa shape index (κ2) is 39.3. The van der Waals surface area contributed by atoms with Crippen LogP contribution in [0.25, 0.3) is 0 Å². The van der Waals surface area contributed by atoms with E-state index in [0.29, 0.717) is 18.9 Å². The highest BCUT2D eigenvalue weighted by Gasteiger charge is 2.18. The van der Waals surface area contributed by atoms with Crippen molar-refractivity contribution >= 4 is 11.9 Å². The largest absolute Gasteiger partial charge is 0.481 e. The molecule has 0 aromatic rings. The molecule has 5 heteroatoms. The summed E-state index contributed by atoms with van der Waals surface area (Å²) >= 11 is 0. The van der Waals surface area contributed by atoms with Crippen LogP contribution in [0.2, 0.25) is 0 Å². The summed E-state index contributed by atoms with van der Waals surface area (Å²) in [4.78, 5) is 21.3. The Labute approximate surface area is 295 Å². The fraction of sp³-hybridized carbons (Fsp3) is 0.952. The normalized spacial score (nSPS) is 11.8. The highest BCUT2D eigenvalue weighted by molar-refractivity contribution is 5.72. The number of carboxylic acids is 1. The fourth-order valence-corrected chi connectivity index (χ4v) is 5.36. The molecule has 0 aromatic carbocycles. The van der Waals surface area contributed by atoms with Crippen molar-refractivity contribution in [3.8, 4) is 0 Å². The third-order valence-corrected chi connectivity index (χ3v) is 8.68. The predicted molar refractivity (Wildman–Crippen MR) is 205 cm³/mol. The summed E-state index contributed by atoms with van der Waals surface area (Å²) in [6, 6.07) is 0. The minimum Gasteiger partial charge on any atom is -0.481 e. The van der Waals surface area contributed by atoms with Crippen LogP contribution in [0.4, 0.5) is 0 Å². The first-order chi connectivity index (χ1) is 22.5. The van der Waals surface area contributed by atoms with Crippen LogP contribution < -0.4 is 0 Å². The maximum absolute atomic E-state index is 11.3. The molecule has 0 spiro atoms. The molecule has 0 aliphatic rings. The highest BCUT2D eigenvalue weighted by atomic mass is 16.5. The van der Waals surface area contributed by atoms with Gasteiger partial charge in [0.2, 0.25) is 0 Å². The van der Waals surface area contributed by atoms with Crippen LogP contribution in [-0.2, 0) is 14.3 Å². The van der Waals surface area contributed by atoms with E-state index < -0.39 is 11.4 Å². The smallest absolute Gasteiger partial charge is 0.308 e. The number of rotatable bonds is 30. The first-order valence-corrected chi connectivity index (χ1v) is 20.5. The van der Waals surface area contributed by atoms with Gasteiger partial charge in [0.15, 0.2) is 0 Å². The van der Waals surface area contributed by atoms with Gasteiger partial charge in [0, 0.05) is 13.0 Å². The standard InChI is InChI=1S/C20H42O.C17H34O2.C5H10O2/c1-3-5-7-9-11-12-14-16-18-20(19-21)17-15-13-10-8-6-4-2;1-4-5-6-7-8-9-10-11-12-13-14-15-17(18)19-16(2)3;1-5(2,3)4(6)7/h20-21H,3-19H2,1-2H3;16H,4-15H2,1-3H3;1-3H3,(H,6,7). The number of carbonyl (C=O) groups excluding carboxylic acids is 1. The van der Waals surface area contributed by atoms with E-state index in [9.17, 15) is 14.7 Å². The second-order valence-electron chi connectivity index (χ2n) is 15.2. The van der Waals surface area contributed by atoms with Crippen molar-refractivity contribution in [2.24, 2.45) is 11.3 Å². The summed E-state index contributed by atoms with van der Waals surface area (Å²) in [5, 5.41) is 17.7. The molecule has 1 atom stereocenters. The Morgan fingerprint density at radius 2 is 0.809 bits per heavy atom. The molecule has 0 saturated heterocycles. The van der Waals surface area contributed by atoms with E-state index in [-0.39, 0.29) is 12.1 Å². The van der Waals surface area contributed by atoms with E-state index in [1.807, 2.05) is 13.8 Å². The molecule has 0 saturated carbocycles. The van der Waals surface area contributed by atoms with Gasteiger partial charge < -0.3 is 14.9 Å². The van der Waals surface area contributed by atoms with Gasteiger partial charge in [-0.25, -0.2) is 0 Å². The maximum atomic E-state index is 11.3. The first kappa shape index (κ1) is 50.3. The van der Waals surface area contributed by atoms with Gasteiger partial charge in [-0.15, -0.1) is 0 Å². The predicted octanol–water partition coefficient (Wildman–Crippen LogP) is 13.6. The Morgan fingerprint density at radius 3 is 1.06 bits per heavy atom. The lowest BCUT2D eigenvalue weighted by Crippen LogP contribution is -2.18. The maximum Gasteiger partial charge on any atom is 0.308 e. The van der Waals surface area contributed by atoms with Gasteiger partial charge in [-0.2, -0.15) is 0 Å². The number of aliphatic hydroxyl groups excluding tert-OH is 1. The van der Waals surface area contributed by atoms with Gasteiger partial charge in [-0.1, -0.05) is 175 Å². The Kier molecular flexibility index (Phi) is 42.1. The molecule has 284 valence electrons. The van der Waals surface area contributed by atoms with E-state index in [4.69, 9.17) is 9.84 Å². The third kappa shape index (κ3) is 47.1. The summed E-state index contributed by atoms with van der Waals surface area (Å²) in [5.41, 5.74) is -0.583. The summed E-state index contributed by atoms with van der Waals surface area (Å²) in [7, 11) is 0. The Hall–Kier alpha value is -1.10. The number of esters is 1. The number of hydrogen-bond donors (Lipinski definition) is 2. The zero-order chi connectivity index (χ0) is 36.0. The zero-order valence-electron chi connectivity index (χ0n) is 33.3. The third-order valence-electron chi connectivity index (χ3n) is 8.68. The second-order valence-corrected chi connectivity index (χ2v) is 15.2. The highest BCUT2D eigenvalue weighted by Crippen LogP contribution is 2.19. The molecule has 0 bridgehead atoms. The van der Waals surface area contributed by atoms with Crippen LogP contribution in [0.3, 0.4) is 0 Å². The van der Waals surface area contributed by atoms with E-state index >= 15 is 0 Å². The molecule has 47 heavy (non-hydrogen) atoms. The molecule has 0 aromatic heterocycles. The van der Waals surface area contributed by atoms with Crippen LogP contribution in [0.15, 0.2) is 0 Å². The number of carbonyl (C=O) groups is 2. The van der Waals surface area contributed by atoms with Crippen LogP contribution in [0.5, 0.6) is 0 Å². The molecule has 1 unspecified atom stereocenters. The first-order valence-electron chi connectivity index (χ1n) is 20.5. The molecule has 0 fully saturated rings. The molecule has 0 aliphatic carbocycles. The minimum atomic E-state index is -0.757. The van der Waals surface area contributed by atoms with Gasteiger partial charge in [-0.3, -0.25) is 9.59 Å². The Bertz CT molecular complexity index is 625. The fourth-order valence-electron chi connectivity index (χ4n) is 5.36. The van der Waals surface area contributed by atoms with E-state index in [1.54, 1.807) is 20.8 Å². The quantitative estimate of drug-likeness (QED) is 0.0587. The SMILES string of the molecule is CC(C)(C)C(=O)O.CCCCCCCCCCC(CO)CCCCCCCC.CCCCCCCCCCCCCC(=O)OC(C)C. The van der Waals surface area contributed by atoms with Crippen LogP contribution >= 0.6 is 0 Å². The number of ether oxygens (including phenoxy) is 1. The van der Waals surface area contributed by atoms with Gasteiger partial charge >= 0.3 is 11.9 Å². The molecular formula is C42H86O5. The Balaban J connectivity index is -0.000000687. The number of hydrogen-bond acceptors (Lipinski definition) is 4. The monoisotopic (exact) mass is 671 g/mol. The van der Waals surface area contributed by atoms with Crippen LogP contribution in [0, 0.1) is 11.3 Å². The van der Waals surface area contributed by atoms with Crippen LogP contribution in [0.1, 0.15) is 235 Å². The van der Waals surface area contributed by atoms with E-state index in [1.165, 1.54) is 167 Å². The topological polar surface area (TPSA) is 83.8 Å². The van der Waals surface area contributed by atoms with Gasteiger partial charge in [0.1, 0.15) is 0 Å². The number of carboxylic acid groups (broad SMARTS) is 1. The molecule has 0 aliphatic heterocycles. The lowest BCUT2D eigenvalue weighted by atomic mass is 9.95. The minimum absolute atomic E-state index is 0.0280. The average molecular weight is 671 g/mol. The summed E-state index contributed by atoms with van der Waals surface area (Å²) in [6.45, 7) is 16.0. The summed E-state index contributed by atoms with van der Waals surface area (Å²) in [6.07, 6.45) is 36.9. The summed E-state index contributed by atoms with van der Waals surface area (Å²) < 4.78 is 5.10. The van der Waals surface area contributed by atoms with E-state index in [2.05, 4.69) is 20.8 Å². The Morgan fingerprint density at radius 1 is 0.532 bits per heavy atom. The molecule has 0 rings (SSSR count). The van der Waals surface area contributed by atoms with Gasteiger partial charge in [0.05, 0.1) is 11.5 Å². The van der Waals surface area contributed by atoms with Crippen molar-refractivity contribution in [2.45, 2.75) is 241 Å². The average Bonchev–Trinajstić information content (AvgIpc) is 3.01. The van der Waals surface area contributed by atoms with Crippen molar-refractivity contribution in [3.63, 3.8) is 0 Å². The van der Waals surface area contributed by atoms with Gasteiger partial charge in [-0.05, 0) is 59.8 Å². The van der Waals surface area contributed by atoms with Crippen molar-refractivity contribution in [2.75, 3.05) is 6.61 Å². The lowest BCUT2D eigenvalue weighted by Gasteiger charge is -2.13. The molecule has 5 nitrogen and oxygen atoms in total. The zero-order valence-corrected chi connectivity index (χ0v) is 33.3. The molecule has 0 heterocycles. The van der Waals surface area contributed by atoms with Crippen molar-refractivity contribution < 1.29 is 24.5 Å². The molecule has 0 amide bonds. The number of aliphatic carboxylic acids is 1. The van der Waals surface area contributed by atoms with Gasteiger partial charge in [0.25, 0.3) is 0 Å².